The Morgan fingerprint density at radius 3 is 2.33 bits per heavy atom. The fraction of sp³-hybridized carbons (Fsp3) is 0.286. The van der Waals surface area contributed by atoms with E-state index in [1.165, 1.54) is 43.6 Å². The molecule has 0 atom stereocenters. The van der Waals surface area contributed by atoms with Gasteiger partial charge in [0.2, 0.25) is 5.78 Å². The van der Waals surface area contributed by atoms with Gasteiger partial charge in [-0.05, 0) is 62.3 Å². The second kappa shape index (κ2) is 7.44. The first kappa shape index (κ1) is 18.2. The van der Waals surface area contributed by atoms with Gasteiger partial charge in [0, 0.05) is 24.8 Å². The van der Waals surface area contributed by atoms with Crippen molar-refractivity contribution in [1.82, 2.24) is 18.9 Å². The average Bonchev–Trinajstić information content (AvgIpc) is 3.37. The van der Waals surface area contributed by atoms with Crippen molar-refractivity contribution >= 4 is 33.8 Å². The summed E-state index contributed by atoms with van der Waals surface area (Å²) < 4.78 is 17.7. The van der Waals surface area contributed by atoms with E-state index < -0.39 is 0 Å². The number of hydrogen-bond donors (Lipinski definition) is 0. The first-order valence-corrected chi connectivity index (χ1v) is 9.24. The monoisotopic (exact) mass is 428 g/mol. The van der Waals surface area contributed by atoms with E-state index in [0.29, 0.717) is 0 Å². The normalized spacial score (nSPS) is 14.9. The van der Waals surface area contributed by atoms with Crippen LogP contribution in [0.3, 0.4) is 0 Å². The highest BCUT2D eigenvalue weighted by molar-refractivity contribution is 8.93. The molecular formula is C21H22BrFN4. The maximum absolute atomic E-state index is 13.2. The molecule has 2 aromatic heterocycles. The fourth-order valence-electron chi connectivity index (χ4n) is 3.97. The van der Waals surface area contributed by atoms with Gasteiger partial charge in [-0.2, -0.15) is 0 Å². The summed E-state index contributed by atoms with van der Waals surface area (Å²) in [6.45, 7) is 4.37. The summed E-state index contributed by atoms with van der Waals surface area (Å²) in [5, 5.41) is 0. The Hall–Kier alpha value is -2.18. The molecule has 0 unspecified atom stereocenters. The molecule has 3 heterocycles. The Bertz CT molecular complexity index is 1060. The van der Waals surface area contributed by atoms with E-state index >= 15 is 0 Å². The molecule has 4 aromatic rings. The number of halogens is 2. The van der Waals surface area contributed by atoms with Gasteiger partial charge in [0.15, 0.2) is 0 Å². The zero-order valence-corrected chi connectivity index (χ0v) is 16.7. The Balaban J connectivity index is 0.00000180. The lowest BCUT2D eigenvalue weighted by molar-refractivity contribution is 0.325. The van der Waals surface area contributed by atoms with Crippen LogP contribution in [-0.4, -0.2) is 38.5 Å². The van der Waals surface area contributed by atoms with Crippen molar-refractivity contribution in [3.8, 4) is 11.3 Å². The van der Waals surface area contributed by atoms with Gasteiger partial charge in [-0.25, -0.2) is 9.37 Å². The maximum atomic E-state index is 13.2. The van der Waals surface area contributed by atoms with Crippen LogP contribution in [0.5, 0.6) is 0 Å². The lowest BCUT2D eigenvalue weighted by Crippen LogP contribution is -2.24. The van der Waals surface area contributed by atoms with Crippen molar-refractivity contribution in [2.75, 3.05) is 19.6 Å². The minimum absolute atomic E-state index is 0. The van der Waals surface area contributed by atoms with Crippen LogP contribution in [-0.2, 0) is 6.54 Å². The van der Waals surface area contributed by atoms with E-state index in [9.17, 15) is 4.39 Å². The minimum atomic E-state index is -0.224. The summed E-state index contributed by atoms with van der Waals surface area (Å²) in [4.78, 5) is 7.40. The van der Waals surface area contributed by atoms with Gasteiger partial charge >= 0.3 is 0 Å². The summed E-state index contributed by atoms with van der Waals surface area (Å²) in [5.41, 5.74) is 4.18. The number of aromatic nitrogens is 3. The molecule has 2 aromatic carbocycles. The zero-order valence-electron chi connectivity index (χ0n) is 15.0. The van der Waals surface area contributed by atoms with Crippen molar-refractivity contribution < 1.29 is 4.39 Å². The molecule has 1 fully saturated rings. The molecule has 0 radical (unpaired) electrons. The number of likely N-dealkylation sites (tertiary alicyclic amines) is 1. The molecule has 27 heavy (non-hydrogen) atoms. The summed E-state index contributed by atoms with van der Waals surface area (Å²) in [7, 11) is 0. The summed E-state index contributed by atoms with van der Waals surface area (Å²) >= 11 is 0. The second-order valence-electron chi connectivity index (χ2n) is 6.99. The molecule has 0 saturated carbocycles. The second-order valence-corrected chi connectivity index (χ2v) is 6.99. The van der Waals surface area contributed by atoms with E-state index in [2.05, 4.69) is 44.3 Å². The molecule has 0 spiro atoms. The molecule has 140 valence electrons. The van der Waals surface area contributed by atoms with Crippen LogP contribution in [0.4, 0.5) is 4.39 Å². The van der Waals surface area contributed by atoms with Crippen molar-refractivity contribution in [3.63, 3.8) is 0 Å². The average molecular weight is 429 g/mol. The SMILES string of the molecule is Br.Fc1ccc(-c2cn3c4ccccc4n(CCN4CCCC4)c3n2)cc1. The van der Waals surface area contributed by atoms with Crippen LogP contribution in [0, 0.1) is 5.82 Å². The van der Waals surface area contributed by atoms with Gasteiger partial charge in [-0.3, -0.25) is 4.40 Å². The highest BCUT2D eigenvalue weighted by Gasteiger charge is 2.16. The minimum Gasteiger partial charge on any atom is -0.308 e. The number of benzene rings is 2. The Kier molecular flexibility index (Phi) is 5.02. The number of fused-ring (bicyclic) bond motifs is 3. The highest BCUT2D eigenvalue weighted by atomic mass is 79.9. The van der Waals surface area contributed by atoms with E-state index in [-0.39, 0.29) is 22.8 Å². The smallest absolute Gasteiger partial charge is 0.215 e. The third-order valence-electron chi connectivity index (χ3n) is 5.34. The van der Waals surface area contributed by atoms with E-state index in [1.807, 2.05) is 0 Å². The van der Waals surface area contributed by atoms with Gasteiger partial charge in [-0.1, -0.05) is 12.1 Å². The fourth-order valence-corrected chi connectivity index (χ4v) is 3.97. The van der Waals surface area contributed by atoms with Gasteiger partial charge in [0.25, 0.3) is 0 Å². The van der Waals surface area contributed by atoms with E-state index in [0.717, 1.165) is 35.6 Å². The number of para-hydroxylation sites is 2. The largest absolute Gasteiger partial charge is 0.308 e. The molecule has 0 N–H and O–H groups in total. The summed E-state index contributed by atoms with van der Waals surface area (Å²) in [5.74, 6) is 0.725. The van der Waals surface area contributed by atoms with Gasteiger partial charge in [-0.15, -0.1) is 17.0 Å². The molecule has 0 amide bonds. The van der Waals surface area contributed by atoms with Crippen molar-refractivity contribution in [1.29, 1.82) is 0 Å². The molecule has 5 rings (SSSR count). The lowest BCUT2D eigenvalue weighted by atomic mass is 10.2. The molecule has 4 nitrogen and oxygen atoms in total. The van der Waals surface area contributed by atoms with Gasteiger partial charge in [0.05, 0.1) is 16.7 Å². The van der Waals surface area contributed by atoms with Crippen LogP contribution < -0.4 is 0 Å². The van der Waals surface area contributed by atoms with Gasteiger partial charge < -0.3 is 9.47 Å². The summed E-state index contributed by atoms with van der Waals surface area (Å²) in [6.07, 6.45) is 4.66. The van der Waals surface area contributed by atoms with Crippen LogP contribution in [0.1, 0.15) is 12.8 Å². The standard InChI is InChI=1S/C21H21FN4.BrH/c22-17-9-7-16(8-10-17)18-15-26-20-6-2-1-5-19(20)25(21(26)23-18)14-13-24-11-3-4-12-24;/h1-2,5-10,15H,3-4,11-14H2;1H. The third-order valence-corrected chi connectivity index (χ3v) is 5.34. The van der Waals surface area contributed by atoms with E-state index in [1.54, 1.807) is 12.1 Å². The Morgan fingerprint density at radius 2 is 1.59 bits per heavy atom. The number of nitrogens with zero attached hydrogens (tertiary/aromatic N) is 4. The molecular weight excluding hydrogens is 407 g/mol. The quantitative estimate of drug-likeness (QED) is 0.467. The number of imidazole rings is 2. The van der Waals surface area contributed by atoms with Crippen LogP contribution in [0.25, 0.3) is 28.1 Å². The van der Waals surface area contributed by atoms with Crippen LogP contribution >= 0.6 is 17.0 Å². The Labute approximate surface area is 168 Å². The maximum Gasteiger partial charge on any atom is 0.215 e. The highest BCUT2D eigenvalue weighted by Crippen LogP contribution is 2.26. The van der Waals surface area contributed by atoms with Crippen molar-refractivity contribution in [2.45, 2.75) is 19.4 Å². The predicted octanol–water partition coefficient (Wildman–Crippen LogP) is 4.77. The van der Waals surface area contributed by atoms with E-state index in [4.69, 9.17) is 4.98 Å². The first-order valence-electron chi connectivity index (χ1n) is 9.24. The Morgan fingerprint density at radius 1 is 0.889 bits per heavy atom. The van der Waals surface area contributed by atoms with Crippen molar-refractivity contribution in [3.05, 3.63) is 60.5 Å². The molecule has 6 heteroatoms. The molecule has 1 aliphatic rings. The molecule has 1 aliphatic heterocycles. The topological polar surface area (TPSA) is 25.5 Å². The molecule has 0 bridgehead atoms. The predicted molar refractivity (Wildman–Crippen MR) is 112 cm³/mol. The third kappa shape index (κ3) is 3.28. The molecule has 1 saturated heterocycles. The van der Waals surface area contributed by atoms with Crippen LogP contribution in [0.2, 0.25) is 0 Å². The molecule has 0 aliphatic carbocycles. The van der Waals surface area contributed by atoms with Crippen molar-refractivity contribution in [2.24, 2.45) is 0 Å². The number of rotatable bonds is 4. The van der Waals surface area contributed by atoms with Gasteiger partial charge in [0.1, 0.15) is 5.82 Å². The first-order chi connectivity index (χ1) is 12.8. The number of hydrogen-bond acceptors (Lipinski definition) is 2. The van der Waals surface area contributed by atoms with Crippen LogP contribution in [0.15, 0.2) is 54.7 Å². The summed E-state index contributed by atoms with van der Waals surface area (Å²) in [6, 6.07) is 15.0. The lowest BCUT2D eigenvalue weighted by Gasteiger charge is -2.15. The zero-order chi connectivity index (χ0) is 17.5.